The van der Waals surface area contributed by atoms with Crippen LogP contribution in [0.25, 0.3) is 0 Å². The van der Waals surface area contributed by atoms with E-state index in [0.29, 0.717) is 12.0 Å². The van der Waals surface area contributed by atoms with E-state index in [2.05, 4.69) is 47.4 Å². The van der Waals surface area contributed by atoms with Crippen molar-refractivity contribution in [3.8, 4) is 0 Å². The SMILES string of the molecule is CC1CN(Cc2cnn(Cc3ccccc3)c2)CC1N.Cl. The van der Waals surface area contributed by atoms with Gasteiger partial charge in [-0.25, -0.2) is 0 Å². The highest BCUT2D eigenvalue weighted by Crippen LogP contribution is 2.17. The van der Waals surface area contributed by atoms with E-state index >= 15 is 0 Å². The molecule has 1 fully saturated rings. The number of rotatable bonds is 4. The third kappa shape index (κ3) is 4.06. The lowest BCUT2D eigenvalue weighted by molar-refractivity contribution is 0.319. The topological polar surface area (TPSA) is 47.1 Å². The van der Waals surface area contributed by atoms with Crippen LogP contribution < -0.4 is 5.73 Å². The number of hydrogen-bond acceptors (Lipinski definition) is 3. The van der Waals surface area contributed by atoms with E-state index in [1.165, 1.54) is 11.1 Å². The van der Waals surface area contributed by atoms with Crippen LogP contribution in [0.4, 0.5) is 0 Å². The minimum atomic E-state index is 0. The molecule has 0 spiro atoms. The minimum Gasteiger partial charge on any atom is -0.326 e. The molecule has 2 heterocycles. The molecule has 1 aliphatic heterocycles. The maximum absolute atomic E-state index is 6.07. The third-order valence-electron chi connectivity index (χ3n) is 4.03. The average Bonchev–Trinajstić information content (AvgIpc) is 2.99. The van der Waals surface area contributed by atoms with Crippen molar-refractivity contribution in [1.29, 1.82) is 0 Å². The molecule has 4 nitrogen and oxygen atoms in total. The van der Waals surface area contributed by atoms with Gasteiger partial charge in [-0.3, -0.25) is 9.58 Å². The fourth-order valence-electron chi connectivity index (χ4n) is 2.83. The largest absolute Gasteiger partial charge is 0.326 e. The van der Waals surface area contributed by atoms with Crippen LogP contribution in [0.5, 0.6) is 0 Å². The molecule has 3 rings (SSSR count). The van der Waals surface area contributed by atoms with Gasteiger partial charge in [0.25, 0.3) is 0 Å². The standard InChI is InChI=1S/C16H22N4.ClH/c1-13-8-19(12-16(13)17)9-15-7-18-20(11-15)10-14-5-3-2-4-6-14;/h2-7,11,13,16H,8-10,12,17H2,1H3;1H. The van der Waals surface area contributed by atoms with Crippen LogP contribution >= 0.6 is 12.4 Å². The lowest BCUT2D eigenvalue weighted by Gasteiger charge is -2.13. The Hall–Kier alpha value is -1.36. The van der Waals surface area contributed by atoms with Gasteiger partial charge in [-0.15, -0.1) is 12.4 Å². The summed E-state index contributed by atoms with van der Waals surface area (Å²) in [5.41, 5.74) is 8.61. The third-order valence-corrected chi connectivity index (χ3v) is 4.03. The number of benzene rings is 1. The lowest BCUT2D eigenvalue weighted by atomic mass is 10.1. The van der Waals surface area contributed by atoms with Crippen molar-refractivity contribution in [2.45, 2.75) is 26.1 Å². The van der Waals surface area contributed by atoms with Gasteiger partial charge < -0.3 is 5.73 Å². The average molecular weight is 307 g/mol. The highest BCUT2D eigenvalue weighted by molar-refractivity contribution is 5.85. The maximum atomic E-state index is 6.07. The first kappa shape index (κ1) is 16.0. The molecule has 114 valence electrons. The summed E-state index contributed by atoms with van der Waals surface area (Å²) in [5, 5.41) is 4.45. The van der Waals surface area contributed by atoms with Crippen LogP contribution in [-0.4, -0.2) is 33.8 Å². The molecule has 0 amide bonds. The summed E-state index contributed by atoms with van der Waals surface area (Å²) in [4.78, 5) is 2.42. The van der Waals surface area contributed by atoms with E-state index in [0.717, 1.165) is 26.2 Å². The van der Waals surface area contributed by atoms with Gasteiger partial charge in [0, 0.05) is 37.4 Å². The molecule has 21 heavy (non-hydrogen) atoms. The molecule has 1 aromatic carbocycles. The van der Waals surface area contributed by atoms with Crippen LogP contribution in [-0.2, 0) is 13.1 Å². The second-order valence-corrected chi connectivity index (χ2v) is 5.87. The molecule has 0 saturated carbocycles. The summed E-state index contributed by atoms with van der Waals surface area (Å²) in [6.45, 7) is 6.09. The van der Waals surface area contributed by atoms with Gasteiger partial charge in [-0.2, -0.15) is 5.10 Å². The zero-order valence-electron chi connectivity index (χ0n) is 12.4. The quantitative estimate of drug-likeness (QED) is 0.941. The molecule has 0 bridgehead atoms. The predicted molar refractivity (Wildman–Crippen MR) is 87.4 cm³/mol. The van der Waals surface area contributed by atoms with Gasteiger partial charge in [-0.1, -0.05) is 37.3 Å². The summed E-state index contributed by atoms with van der Waals surface area (Å²) < 4.78 is 2.00. The number of nitrogens with zero attached hydrogens (tertiary/aromatic N) is 3. The number of aromatic nitrogens is 2. The number of nitrogens with two attached hydrogens (primary N) is 1. The Bertz CT molecular complexity index is 544. The van der Waals surface area contributed by atoms with E-state index < -0.39 is 0 Å². The first-order valence-electron chi connectivity index (χ1n) is 7.24. The van der Waals surface area contributed by atoms with Gasteiger partial charge in [0.15, 0.2) is 0 Å². The molecule has 2 unspecified atom stereocenters. The highest BCUT2D eigenvalue weighted by Gasteiger charge is 2.26. The molecular formula is C16H23ClN4. The Balaban J connectivity index is 0.00000161. The Morgan fingerprint density at radius 2 is 1.90 bits per heavy atom. The molecule has 2 atom stereocenters. The Morgan fingerprint density at radius 1 is 1.14 bits per heavy atom. The van der Waals surface area contributed by atoms with Crippen molar-refractivity contribution in [3.05, 3.63) is 53.9 Å². The van der Waals surface area contributed by atoms with Gasteiger partial charge in [0.05, 0.1) is 12.7 Å². The Morgan fingerprint density at radius 3 is 2.57 bits per heavy atom. The fourth-order valence-corrected chi connectivity index (χ4v) is 2.83. The number of hydrogen-bond donors (Lipinski definition) is 1. The van der Waals surface area contributed by atoms with E-state index in [-0.39, 0.29) is 12.4 Å². The molecule has 1 aliphatic rings. The Kier molecular flexibility index (Phi) is 5.39. The number of likely N-dealkylation sites (tertiary alicyclic amines) is 1. The fraction of sp³-hybridized carbons (Fsp3) is 0.438. The van der Waals surface area contributed by atoms with Crippen LogP contribution in [0.1, 0.15) is 18.1 Å². The van der Waals surface area contributed by atoms with E-state index in [1.807, 2.05) is 16.9 Å². The van der Waals surface area contributed by atoms with Gasteiger partial charge in [-0.05, 0) is 11.5 Å². The zero-order chi connectivity index (χ0) is 13.9. The summed E-state index contributed by atoms with van der Waals surface area (Å²) in [7, 11) is 0. The predicted octanol–water partition coefficient (Wildman–Crippen LogP) is 2.13. The monoisotopic (exact) mass is 306 g/mol. The molecule has 5 heteroatoms. The van der Waals surface area contributed by atoms with Gasteiger partial charge >= 0.3 is 0 Å². The molecule has 1 aromatic heterocycles. The summed E-state index contributed by atoms with van der Waals surface area (Å²) in [6.07, 6.45) is 4.11. The van der Waals surface area contributed by atoms with Crippen molar-refractivity contribution in [2.24, 2.45) is 11.7 Å². The van der Waals surface area contributed by atoms with Gasteiger partial charge in [0.2, 0.25) is 0 Å². The van der Waals surface area contributed by atoms with E-state index in [9.17, 15) is 0 Å². The zero-order valence-corrected chi connectivity index (χ0v) is 13.2. The van der Waals surface area contributed by atoms with Crippen molar-refractivity contribution in [2.75, 3.05) is 13.1 Å². The van der Waals surface area contributed by atoms with E-state index in [1.54, 1.807) is 0 Å². The Labute approximate surface area is 132 Å². The van der Waals surface area contributed by atoms with Crippen LogP contribution in [0.3, 0.4) is 0 Å². The highest BCUT2D eigenvalue weighted by atomic mass is 35.5. The van der Waals surface area contributed by atoms with Crippen molar-refractivity contribution in [1.82, 2.24) is 14.7 Å². The lowest BCUT2D eigenvalue weighted by Crippen LogP contribution is -2.28. The molecule has 2 aromatic rings. The second-order valence-electron chi connectivity index (χ2n) is 5.87. The molecular weight excluding hydrogens is 284 g/mol. The minimum absolute atomic E-state index is 0. The summed E-state index contributed by atoms with van der Waals surface area (Å²) >= 11 is 0. The van der Waals surface area contributed by atoms with E-state index in [4.69, 9.17) is 5.73 Å². The molecule has 1 saturated heterocycles. The molecule has 2 N–H and O–H groups in total. The van der Waals surface area contributed by atoms with Crippen molar-refractivity contribution >= 4 is 12.4 Å². The normalized spacial score (nSPS) is 22.2. The summed E-state index contributed by atoms with van der Waals surface area (Å²) in [5.74, 6) is 0.592. The number of halogens is 1. The van der Waals surface area contributed by atoms with Crippen LogP contribution in [0, 0.1) is 5.92 Å². The van der Waals surface area contributed by atoms with Crippen molar-refractivity contribution in [3.63, 3.8) is 0 Å². The van der Waals surface area contributed by atoms with Crippen molar-refractivity contribution < 1.29 is 0 Å². The second kappa shape index (κ2) is 7.07. The first-order chi connectivity index (χ1) is 9.70. The van der Waals surface area contributed by atoms with Gasteiger partial charge in [0.1, 0.15) is 0 Å². The van der Waals surface area contributed by atoms with Crippen LogP contribution in [0.2, 0.25) is 0 Å². The first-order valence-corrected chi connectivity index (χ1v) is 7.24. The smallest absolute Gasteiger partial charge is 0.0659 e. The maximum Gasteiger partial charge on any atom is 0.0659 e. The molecule has 0 radical (unpaired) electrons. The summed E-state index contributed by atoms with van der Waals surface area (Å²) in [6, 6.07) is 10.7. The molecule has 0 aliphatic carbocycles. The van der Waals surface area contributed by atoms with Crippen LogP contribution in [0.15, 0.2) is 42.7 Å².